The topological polar surface area (TPSA) is 84.9 Å². The molecular formula is C30H36N2O5. The van der Waals surface area contributed by atoms with Gasteiger partial charge in [-0.1, -0.05) is 54.6 Å². The van der Waals surface area contributed by atoms with Crippen LogP contribution in [-0.2, 0) is 32.1 Å². The van der Waals surface area contributed by atoms with Crippen molar-refractivity contribution in [2.45, 2.75) is 70.1 Å². The van der Waals surface area contributed by atoms with Gasteiger partial charge in [0.05, 0.1) is 6.61 Å². The molecule has 0 saturated carbocycles. The Morgan fingerprint density at radius 2 is 1.76 bits per heavy atom. The van der Waals surface area contributed by atoms with Crippen LogP contribution in [0.5, 0.6) is 5.75 Å². The second kappa shape index (κ2) is 13.6. The van der Waals surface area contributed by atoms with Crippen molar-refractivity contribution in [3.63, 3.8) is 0 Å². The van der Waals surface area contributed by atoms with E-state index in [1.165, 1.54) is 0 Å². The van der Waals surface area contributed by atoms with E-state index in [0.717, 1.165) is 49.0 Å². The highest BCUT2D eigenvalue weighted by atomic mass is 16.5. The van der Waals surface area contributed by atoms with Crippen LogP contribution in [0.3, 0.4) is 0 Å². The van der Waals surface area contributed by atoms with Crippen LogP contribution in [0.25, 0.3) is 0 Å². The Morgan fingerprint density at radius 3 is 2.57 bits per heavy atom. The average molecular weight is 505 g/mol. The molecule has 2 atom stereocenters. The fraction of sp³-hybridized carbons (Fsp3) is 0.433. The fourth-order valence-electron chi connectivity index (χ4n) is 4.75. The molecule has 7 heteroatoms. The molecule has 1 N–H and O–H groups in total. The molecule has 2 aromatic rings. The van der Waals surface area contributed by atoms with Crippen molar-refractivity contribution in [3.05, 3.63) is 77.9 Å². The second-order valence-electron chi connectivity index (χ2n) is 9.60. The molecule has 1 saturated heterocycles. The third-order valence-corrected chi connectivity index (χ3v) is 6.80. The molecule has 1 fully saturated rings. The highest BCUT2D eigenvalue weighted by Crippen LogP contribution is 2.21. The van der Waals surface area contributed by atoms with Gasteiger partial charge >= 0.3 is 5.97 Å². The van der Waals surface area contributed by atoms with Crippen LogP contribution in [-0.4, -0.2) is 47.9 Å². The highest BCUT2D eigenvalue weighted by molar-refractivity contribution is 5.91. The summed E-state index contributed by atoms with van der Waals surface area (Å²) in [6.45, 7) is 1.28. The minimum atomic E-state index is -0.865. The number of nitrogens with zero attached hydrogens (tertiary/aromatic N) is 1. The number of carbonyl (C=O) groups is 3. The lowest BCUT2D eigenvalue weighted by Gasteiger charge is -2.26. The van der Waals surface area contributed by atoms with Crippen molar-refractivity contribution in [1.82, 2.24) is 10.2 Å². The van der Waals surface area contributed by atoms with Crippen LogP contribution in [0.2, 0.25) is 0 Å². The first-order valence-corrected chi connectivity index (χ1v) is 13.3. The van der Waals surface area contributed by atoms with Crippen molar-refractivity contribution in [2.75, 3.05) is 13.2 Å². The number of amides is 2. The van der Waals surface area contributed by atoms with E-state index in [4.69, 9.17) is 9.47 Å². The zero-order chi connectivity index (χ0) is 25.9. The van der Waals surface area contributed by atoms with E-state index in [1.54, 1.807) is 4.90 Å². The first-order chi connectivity index (χ1) is 18.1. The van der Waals surface area contributed by atoms with Gasteiger partial charge in [0.15, 0.2) is 0 Å². The first kappa shape index (κ1) is 26.5. The van der Waals surface area contributed by atoms with Crippen LogP contribution in [0.15, 0.2) is 66.7 Å². The molecule has 37 heavy (non-hydrogen) atoms. The van der Waals surface area contributed by atoms with Gasteiger partial charge < -0.3 is 19.7 Å². The normalized spacial score (nSPS) is 22.4. The number of allylic oxidation sites excluding steroid dienone is 1. The number of hydrogen-bond acceptors (Lipinski definition) is 5. The lowest BCUT2D eigenvalue weighted by molar-refractivity contribution is -0.150. The Balaban J connectivity index is 1.50. The number of rotatable bonds is 3. The Kier molecular flexibility index (Phi) is 9.74. The summed E-state index contributed by atoms with van der Waals surface area (Å²) in [5, 5.41) is 2.91. The van der Waals surface area contributed by atoms with Crippen LogP contribution in [0.4, 0.5) is 0 Å². The van der Waals surface area contributed by atoms with E-state index in [-0.39, 0.29) is 24.8 Å². The summed E-state index contributed by atoms with van der Waals surface area (Å²) in [5.41, 5.74) is 1.75. The molecule has 7 nitrogen and oxygen atoms in total. The fourth-order valence-corrected chi connectivity index (χ4v) is 4.75. The smallest absolute Gasteiger partial charge is 0.329 e. The summed E-state index contributed by atoms with van der Waals surface area (Å²) in [6.07, 6.45) is 9.76. The number of ether oxygens (including phenoxy) is 2. The van der Waals surface area contributed by atoms with Crippen LogP contribution in [0, 0.1) is 0 Å². The van der Waals surface area contributed by atoms with E-state index < -0.39 is 18.1 Å². The van der Waals surface area contributed by atoms with Crippen molar-refractivity contribution >= 4 is 17.8 Å². The molecule has 0 spiro atoms. The number of benzene rings is 2. The van der Waals surface area contributed by atoms with Gasteiger partial charge in [-0.2, -0.15) is 0 Å². The van der Waals surface area contributed by atoms with Crippen molar-refractivity contribution < 1.29 is 23.9 Å². The molecule has 3 aliphatic rings. The molecule has 0 aromatic heterocycles. The van der Waals surface area contributed by atoms with Crippen molar-refractivity contribution in [3.8, 4) is 5.75 Å². The molecule has 196 valence electrons. The summed E-state index contributed by atoms with van der Waals surface area (Å²) >= 11 is 0. The van der Waals surface area contributed by atoms with E-state index >= 15 is 0 Å². The molecule has 0 radical (unpaired) electrons. The minimum Gasteiger partial charge on any atom is -0.493 e. The molecule has 2 amide bonds. The second-order valence-corrected chi connectivity index (χ2v) is 9.60. The predicted octanol–water partition coefficient (Wildman–Crippen LogP) is 4.35. The predicted molar refractivity (Wildman–Crippen MR) is 141 cm³/mol. The Labute approximate surface area is 218 Å². The number of carbonyl (C=O) groups excluding carboxylic acids is 3. The molecule has 2 aromatic carbocycles. The Bertz CT molecular complexity index is 1070. The SMILES string of the molecule is O=C(OCc1ccccc1)[C@@H]1Cc2ccc(cc2)OCC/C=C/CCCCC(=O)N2CCC[C@H]2C(=O)N1. The maximum Gasteiger partial charge on any atom is 0.329 e. The monoisotopic (exact) mass is 504 g/mol. The van der Waals surface area contributed by atoms with E-state index in [1.807, 2.05) is 54.6 Å². The summed E-state index contributed by atoms with van der Waals surface area (Å²) in [7, 11) is 0. The van der Waals surface area contributed by atoms with Crippen molar-refractivity contribution in [1.29, 1.82) is 0 Å². The van der Waals surface area contributed by atoms with Crippen LogP contribution in [0.1, 0.15) is 56.1 Å². The number of esters is 1. The van der Waals surface area contributed by atoms with Crippen molar-refractivity contribution in [2.24, 2.45) is 0 Å². The summed E-state index contributed by atoms with van der Waals surface area (Å²) in [6, 6.07) is 15.6. The van der Waals surface area contributed by atoms with Gasteiger partial charge in [0.2, 0.25) is 11.8 Å². The molecule has 0 aliphatic carbocycles. The summed E-state index contributed by atoms with van der Waals surface area (Å²) in [4.78, 5) is 41.0. The van der Waals surface area contributed by atoms with Crippen LogP contribution >= 0.6 is 0 Å². The lowest BCUT2D eigenvalue weighted by atomic mass is 10.0. The number of fused-ring (bicyclic) bond motifs is 13. The standard InChI is InChI=1S/C30H36N2O5/c33-28-14-8-3-1-2-4-9-20-36-25-17-15-23(16-18-25)21-26(31-29(34)27-13-10-19-32(27)28)30(35)37-22-24-11-6-5-7-12-24/h2,4-7,11-12,15-18,26-27H,1,3,8-10,13-14,19-22H2,(H,31,34)/b4-2+/t26-,27-/m0/s1. The average Bonchev–Trinajstić information content (AvgIpc) is 3.42. The molecule has 5 rings (SSSR count). The van der Waals surface area contributed by atoms with E-state index in [0.29, 0.717) is 26.0 Å². The highest BCUT2D eigenvalue weighted by Gasteiger charge is 2.36. The van der Waals surface area contributed by atoms with Gasteiger partial charge in [-0.05, 0) is 61.8 Å². The zero-order valence-corrected chi connectivity index (χ0v) is 21.3. The molecule has 3 heterocycles. The number of nitrogens with one attached hydrogen (secondary N) is 1. The minimum absolute atomic E-state index is 0.00299. The quantitative estimate of drug-likeness (QED) is 0.496. The van der Waals surface area contributed by atoms with Gasteiger partial charge in [0, 0.05) is 19.4 Å². The summed E-state index contributed by atoms with van der Waals surface area (Å²) < 4.78 is 11.4. The molecule has 3 aliphatic heterocycles. The molecular weight excluding hydrogens is 468 g/mol. The molecule has 0 unspecified atom stereocenters. The lowest BCUT2D eigenvalue weighted by Crippen LogP contribution is -2.51. The van der Waals surface area contributed by atoms with Gasteiger partial charge in [-0.3, -0.25) is 9.59 Å². The van der Waals surface area contributed by atoms with Gasteiger partial charge in [0.1, 0.15) is 24.4 Å². The maximum atomic E-state index is 13.3. The van der Waals surface area contributed by atoms with Gasteiger partial charge in [0.25, 0.3) is 0 Å². The van der Waals surface area contributed by atoms with Crippen LogP contribution < -0.4 is 10.1 Å². The Morgan fingerprint density at radius 1 is 0.973 bits per heavy atom. The third kappa shape index (κ3) is 7.94. The summed E-state index contributed by atoms with van der Waals surface area (Å²) in [5.74, 6) is -0.0331. The third-order valence-electron chi connectivity index (χ3n) is 6.80. The van der Waals surface area contributed by atoms with E-state index in [9.17, 15) is 14.4 Å². The molecule has 2 bridgehead atoms. The zero-order valence-electron chi connectivity index (χ0n) is 21.3. The van der Waals surface area contributed by atoms with E-state index in [2.05, 4.69) is 17.5 Å². The maximum absolute atomic E-state index is 13.3. The Hall–Kier alpha value is -3.61. The largest absolute Gasteiger partial charge is 0.493 e. The number of hydrogen-bond donors (Lipinski definition) is 1. The van der Waals surface area contributed by atoms with Gasteiger partial charge in [-0.25, -0.2) is 4.79 Å². The first-order valence-electron chi connectivity index (χ1n) is 13.3. The van der Waals surface area contributed by atoms with Gasteiger partial charge in [-0.15, -0.1) is 0 Å².